The van der Waals surface area contributed by atoms with Crippen LogP contribution in [-0.4, -0.2) is 25.3 Å². The van der Waals surface area contributed by atoms with Crippen LogP contribution in [0.25, 0.3) is 0 Å². The molecule has 0 aromatic heterocycles. The van der Waals surface area contributed by atoms with Gasteiger partial charge in [-0.05, 0) is 26.8 Å². The lowest BCUT2D eigenvalue weighted by Crippen LogP contribution is -2.48. The summed E-state index contributed by atoms with van der Waals surface area (Å²) in [5.74, 6) is 0. The van der Waals surface area contributed by atoms with Crippen LogP contribution in [0, 0.1) is 5.41 Å². The molecule has 1 aliphatic rings. The maximum Gasteiger partial charge on any atom is 0.0653 e. The van der Waals surface area contributed by atoms with Gasteiger partial charge in [0.05, 0.1) is 12.2 Å². The molecule has 0 aliphatic carbocycles. The third-order valence-electron chi connectivity index (χ3n) is 2.47. The molecular formula is C10H21NO. The number of nitrogens with one attached hydrogen (secondary N) is 1. The van der Waals surface area contributed by atoms with E-state index >= 15 is 0 Å². The summed E-state index contributed by atoms with van der Waals surface area (Å²) in [5.41, 5.74) is 0.294. The molecule has 1 heterocycles. The Kier molecular flexibility index (Phi) is 3.13. The van der Waals surface area contributed by atoms with Crippen LogP contribution < -0.4 is 5.32 Å². The van der Waals surface area contributed by atoms with Crippen molar-refractivity contribution in [3.63, 3.8) is 0 Å². The fraction of sp³-hybridized carbons (Fsp3) is 1.00. The maximum absolute atomic E-state index is 5.87. The van der Waals surface area contributed by atoms with E-state index < -0.39 is 0 Å². The Morgan fingerprint density at radius 1 is 1.42 bits per heavy atom. The monoisotopic (exact) mass is 171 g/mol. The Hall–Kier alpha value is -0.0800. The van der Waals surface area contributed by atoms with Crippen molar-refractivity contribution in [2.45, 2.75) is 46.3 Å². The molecule has 1 N–H and O–H groups in total. The third kappa shape index (κ3) is 2.46. The number of piperidine rings is 1. The van der Waals surface area contributed by atoms with E-state index in [1.807, 2.05) is 0 Å². The standard InChI is InChI=1S/C10H21NO/c1-8(2)12-9-5-6-11-7-10(9,3)4/h8-9,11H,5-7H2,1-4H3. The zero-order chi connectivity index (χ0) is 9.19. The minimum atomic E-state index is 0.294. The highest BCUT2D eigenvalue weighted by molar-refractivity contribution is 4.86. The van der Waals surface area contributed by atoms with Crippen LogP contribution in [-0.2, 0) is 4.74 Å². The van der Waals surface area contributed by atoms with Gasteiger partial charge in [-0.3, -0.25) is 0 Å². The van der Waals surface area contributed by atoms with Crippen molar-refractivity contribution in [3.8, 4) is 0 Å². The summed E-state index contributed by atoms with van der Waals surface area (Å²) in [4.78, 5) is 0. The number of ether oxygens (including phenoxy) is 1. The molecule has 0 aromatic rings. The Morgan fingerprint density at radius 3 is 2.58 bits per heavy atom. The van der Waals surface area contributed by atoms with Crippen molar-refractivity contribution in [1.29, 1.82) is 0 Å². The number of hydrogen-bond acceptors (Lipinski definition) is 2. The quantitative estimate of drug-likeness (QED) is 0.684. The zero-order valence-corrected chi connectivity index (χ0v) is 8.68. The average molecular weight is 171 g/mol. The Balaban J connectivity index is 2.48. The molecule has 1 saturated heterocycles. The van der Waals surface area contributed by atoms with Crippen LogP contribution in [0.4, 0.5) is 0 Å². The number of hydrogen-bond donors (Lipinski definition) is 1. The van der Waals surface area contributed by atoms with Crippen LogP contribution in [0.3, 0.4) is 0 Å². The van der Waals surface area contributed by atoms with E-state index in [4.69, 9.17) is 4.74 Å². The highest BCUT2D eigenvalue weighted by Gasteiger charge is 2.33. The first-order chi connectivity index (χ1) is 5.52. The lowest BCUT2D eigenvalue weighted by Gasteiger charge is -2.39. The van der Waals surface area contributed by atoms with E-state index in [-0.39, 0.29) is 0 Å². The van der Waals surface area contributed by atoms with E-state index in [0.29, 0.717) is 17.6 Å². The summed E-state index contributed by atoms with van der Waals surface area (Å²) in [6.45, 7) is 10.9. The summed E-state index contributed by atoms with van der Waals surface area (Å²) >= 11 is 0. The van der Waals surface area contributed by atoms with Crippen molar-refractivity contribution < 1.29 is 4.74 Å². The molecule has 0 bridgehead atoms. The first kappa shape index (κ1) is 10.0. The third-order valence-corrected chi connectivity index (χ3v) is 2.47. The lowest BCUT2D eigenvalue weighted by atomic mass is 9.82. The molecular weight excluding hydrogens is 150 g/mol. The Morgan fingerprint density at radius 2 is 2.08 bits per heavy atom. The predicted octanol–water partition coefficient (Wildman–Crippen LogP) is 1.80. The van der Waals surface area contributed by atoms with Crippen molar-refractivity contribution >= 4 is 0 Å². The molecule has 12 heavy (non-hydrogen) atoms. The summed E-state index contributed by atoms with van der Waals surface area (Å²) in [6.07, 6.45) is 1.93. The van der Waals surface area contributed by atoms with Crippen molar-refractivity contribution in [2.24, 2.45) is 5.41 Å². The van der Waals surface area contributed by atoms with E-state index in [0.717, 1.165) is 19.5 Å². The second kappa shape index (κ2) is 3.75. The minimum Gasteiger partial charge on any atom is -0.375 e. The average Bonchev–Trinajstić information content (AvgIpc) is 1.92. The fourth-order valence-corrected chi connectivity index (χ4v) is 1.73. The molecule has 1 fully saturated rings. The summed E-state index contributed by atoms with van der Waals surface area (Å²) in [5, 5.41) is 3.40. The second-order valence-electron chi connectivity index (χ2n) is 4.63. The highest BCUT2D eigenvalue weighted by Crippen LogP contribution is 2.28. The van der Waals surface area contributed by atoms with Gasteiger partial charge >= 0.3 is 0 Å². The van der Waals surface area contributed by atoms with Gasteiger partial charge in [-0.2, -0.15) is 0 Å². The SMILES string of the molecule is CC(C)OC1CCNCC1(C)C. The fourth-order valence-electron chi connectivity index (χ4n) is 1.73. The normalized spacial score (nSPS) is 29.2. The molecule has 1 unspecified atom stereocenters. The van der Waals surface area contributed by atoms with Crippen LogP contribution >= 0.6 is 0 Å². The van der Waals surface area contributed by atoms with Gasteiger partial charge in [0.2, 0.25) is 0 Å². The molecule has 1 aliphatic heterocycles. The molecule has 0 saturated carbocycles. The molecule has 0 amide bonds. The van der Waals surface area contributed by atoms with E-state index in [1.54, 1.807) is 0 Å². The van der Waals surface area contributed by atoms with Crippen molar-refractivity contribution in [2.75, 3.05) is 13.1 Å². The molecule has 0 spiro atoms. The van der Waals surface area contributed by atoms with Gasteiger partial charge in [-0.15, -0.1) is 0 Å². The Bertz CT molecular complexity index is 143. The van der Waals surface area contributed by atoms with E-state index in [1.165, 1.54) is 0 Å². The van der Waals surface area contributed by atoms with Gasteiger partial charge in [0.25, 0.3) is 0 Å². The van der Waals surface area contributed by atoms with Gasteiger partial charge in [-0.1, -0.05) is 13.8 Å². The summed E-state index contributed by atoms with van der Waals surface area (Å²) in [7, 11) is 0. The van der Waals surface area contributed by atoms with Crippen molar-refractivity contribution in [1.82, 2.24) is 5.32 Å². The van der Waals surface area contributed by atoms with Gasteiger partial charge in [-0.25, -0.2) is 0 Å². The first-order valence-electron chi connectivity index (χ1n) is 4.88. The maximum atomic E-state index is 5.87. The predicted molar refractivity (Wildman–Crippen MR) is 51.3 cm³/mol. The highest BCUT2D eigenvalue weighted by atomic mass is 16.5. The number of rotatable bonds is 2. The molecule has 0 radical (unpaired) electrons. The van der Waals surface area contributed by atoms with Crippen LogP contribution in [0.1, 0.15) is 34.1 Å². The summed E-state index contributed by atoms with van der Waals surface area (Å²) in [6, 6.07) is 0. The molecule has 72 valence electrons. The second-order valence-corrected chi connectivity index (χ2v) is 4.63. The van der Waals surface area contributed by atoms with Crippen LogP contribution in [0.15, 0.2) is 0 Å². The topological polar surface area (TPSA) is 21.3 Å². The lowest BCUT2D eigenvalue weighted by molar-refractivity contribution is -0.0722. The van der Waals surface area contributed by atoms with Gasteiger partial charge in [0, 0.05) is 12.0 Å². The summed E-state index contributed by atoms with van der Waals surface area (Å²) < 4.78 is 5.87. The smallest absolute Gasteiger partial charge is 0.0653 e. The van der Waals surface area contributed by atoms with Gasteiger partial charge in [0.15, 0.2) is 0 Å². The molecule has 1 atom stereocenters. The van der Waals surface area contributed by atoms with E-state index in [2.05, 4.69) is 33.0 Å². The zero-order valence-electron chi connectivity index (χ0n) is 8.68. The minimum absolute atomic E-state index is 0.294. The molecule has 0 aromatic carbocycles. The Labute approximate surface area is 75.7 Å². The van der Waals surface area contributed by atoms with E-state index in [9.17, 15) is 0 Å². The van der Waals surface area contributed by atoms with Gasteiger partial charge in [0.1, 0.15) is 0 Å². The molecule has 1 rings (SSSR count). The largest absolute Gasteiger partial charge is 0.375 e. The van der Waals surface area contributed by atoms with Crippen LogP contribution in [0.5, 0.6) is 0 Å². The van der Waals surface area contributed by atoms with Gasteiger partial charge < -0.3 is 10.1 Å². The molecule has 2 nitrogen and oxygen atoms in total. The van der Waals surface area contributed by atoms with Crippen LogP contribution in [0.2, 0.25) is 0 Å². The first-order valence-corrected chi connectivity index (χ1v) is 4.88. The van der Waals surface area contributed by atoms with Crippen molar-refractivity contribution in [3.05, 3.63) is 0 Å². The molecule has 2 heteroatoms.